The molecule has 2 unspecified atom stereocenters. The Morgan fingerprint density at radius 3 is 2.41 bits per heavy atom. The quantitative estimate of drug-likeness (QED) is 0.804. The number of thioether (sulfide) groups is 1. The summed E-state index contributed by atoms with van der Waals surface area (Å²) in [7, 11) is 0. The Balaban J connectivity index is 2.48. The number of ether oxygens (including phenoxy) is 1. The summed E-state index contributed by atoms with van der Waals surface area (Å²) in [5.41, 5.74) is 1.31. The number of hydrogen-bond acceptors (Lipinski definition) is 3. The Bertz CT molecular complexity index is 313. The lowest BCUT2D eigenvalue weighted by molar-refractivity contribution is 0.340. The molecule has 1 aromatic carbocycles. The molecule has 0 amide bonds. The second-order valence-electron chi connectivity index (χ2n) is 4.18. The first-order valence-corrected chi connectivity index (χ1v) is 7.45. The van der Waals surface area contributed by atoms with Crippen LogP contribution in [0.3, 0.4) is 0 Å². The third kappa shape index (κ3) is 5.00. The average molecular weight is 253 g/mol. The smallest absolute Gasteiger partial charge is 0.119 e. The molecule has 0 aromatic heterocycles. The van der Waals surface area contributed by atoms with Crippen LogP contribution in [0.15, 0.2) is 24.3 Å². The topological polar surface area (TPSA) is 21.3 Å². The molecule has 0 aliphatic rings. The summed E-state index contributed by atoms with van der Waals surface area (Å²) in [6.07, 6.45) is 2.15. The zero-order valence-electron chi connectivity index (χ0n) is 11.2. The monoisotopic (exact) mass is 253 g/mol. The van der Waals surface area contributed by atoms with E-state index in [1.807, 2.05) is 30.8 Å². The second kappa shape index (κ2) is 7.62. The number of hydrogen-bond donors (Lipinski definition) is 1. The van der Waals surface area contributed by atoms with E-state index in [-0.39, 0.29) is 0 Å². The molecule has 0 spiro atoms. The van der Waals surface area contributed by atoms with Crippen LogP contribution < -0.4 is 10.1 Å². The lowest BCUT2D eigenvalue weighted by atomic mass is 10.1. The van der Waals surface area contributed by atoms with Crippen molar-refractivity contribution in [2.75, 3.05) is 19.4 Å². The molecule has 1 rings (SSSR count). The maximum Gasteiger partial charge on any atom is 0.119 e. The largest absolute Gasteiger partial charge is 0.494 e. The van der Waals surface area contributed by atoms with E-state index in [0.717, 1.165) is 18.9 Å². The predicted octanol–water partition coefficient (Wildman–Crippen LogP) is 3.49. The molecule has 2 atom stereocenters. The summed E-state index contributed by atoms with van der Waals surface area (Å²) >= 11 is 1.89. The van der Waals surface area contributed by atoms with Crippen molar-refractivity contribution in [3.8, 4) is 5.75 Å². The van der Waals surface area contributed by atoms with Crippen LogP contribution in [-0.4, -0.2) is 24.7 Å². The van der Waals surface area contributed by atoms with Crippen LogP contribution in [0.1, 0.15) is 32.4 Å². The standard InChI is InChI=1S/C14H23NOS/c1-5-16-14-8-6-13(7-9-14)12(3)15-10-11(2)17-4/h6-9,11-12,15H,5,10H2,1-4H3. The fourth-order valence-corrected chi connectivity index (χ4v) is 1.83. The minimum atomic E-state index is 0.389. The van der Waals surface area contributed by atoms with Crippen molar-refractivity contribution in [3.63, 3.8) is 0 Å². The summed E-state index contributed by atoms with van der Waals surface area (Å²) in [5, 5.41) is 4.19. The van der Waals surface area contributed by atoms with E-state index in [1.165, 1.54) is 5.56 Å². The molecule has 1 aromatic rings. The molecule has 0 saturated carbocycles. The van der Waals surface area contributed by atoms with Gasteiger partial charge in [-0.25, -0.2) is 0 Å². The van der Waals surface area contributed by atoms with Gasteiger partial charge < -0.3 is 10.1 Å². The van der Waals surface area contributed by atoms with Crippen LogP contribution >= 0.6 is 11.8 Å². The second-order valence-corrected chi connectivity index (χ2v) is 5.45. The summed E-state index contributed by atoms with van der Waals surface area (Å²) in [6, 6.07) is 8.73. The third-order valence-corrected chi connectivity index (χ3v) is 3.78. The fourth-order valence-electron chi connectivity index (χ4n) is 1.56. The molecule has 3 heteroatoms. The lowest BCUT2D eigenvalue weighted by Crippen LogP contribution is -2.25. The Morgan fingerprint density at radius 1 is 1.24 bits per heavy atom. The van der Waals surface area contributed by atoms with Gasteiger partial charge in [0.1, 0.15) is 5.75 Å². The molecule has 96 valence electrons. The molecule has 1 N–H and O–H groups in total. The molecule has 0 bridgehead atoms. The van der Waals surface area contributed by atoms with Gasteiger partial charge in [-0.1, -0.05) is 19.1 Å². The van der Waals surface area contributed by atoms with Gasteiger partial charge in [-0.05, 0) is 37.8 Å². The van der Waals surface area contributed by atoms with Crippen LogP contribution in [-0.2, 0) is 0 Å². The SMILES string of the molecule is CCOc1ccc(C(C)NCC(C)SC)cc1. The fraction of sp³-hybridized carbons (Fsp3) is 0.571. The first kappa shape index (κ1) is 14.4. The molecule has 0 fully saturated rings. The minimum Gasteiger partial charge on any atom is -0.494 e. The molecular formula is C14H23NOS. The van der Waals surface area contributed by atoms with Gasteiger partial charge in [-0.2, -0.15) is 11.8 Å². The van der Waals surface area contributed by atoms with Gasteiger partial charge in [0.2, 0.25) is 0 Å². The Labute approximate surface area is 109 Å². The number of benzene rings is 1. The van der Waals surface area contributed by atoms with Gasteiger partial charge in [0.05, 0.1) is 6.61 Å². The summed E-state index contributed by atoms with van der Waals surface area (Å²) < 4.78 is 5.43. The summed E-state index contributed by atoms with van der Waals surface area (Å²) in [6.45, 7) is 8.20. The van der Waals surface area contributed by atoms with E-state index in [4.69, 9.17) is 4.74 Å². The molecule has 2 nitrogen and oxygen atoms in total. The molecule has 0 aliphatic carbocycles. The molecule has 17 heavy (non-hydrogen) atoms. The van der Waals surface area contributed by atoms with E-state index in [2.05, 4.69) is 37.6 Å². The van der Waals surface area contributed by atoms with Crippen molar-refractivity contribution >= 4 is 11.8 Å². The normalized spacial score (nSPS) is 14.4. The van der Waals surface area contributed by atoms with Crippen LogP contribution in [0.4, 0.5) is 0 Å². The highest BCUT2D eigenvalue weighted by molar-refractivity contribution is 7.99. The van der Waals surface area contributed by atoms with E-state index in [0.29, 0.717) is 11.3 Å². The Morgan fingerprint density at radius 2 is 1.88 bits per heavy atom. The zero-order chi connectivity index (χ0) is 12.7. The van der Waals surface area contributed by atoms with Crippen molar-refractivity contribution in [1.82, 2.24) is 5.32 Å². The van der Waals surface area contributed by atoms with Gasteiger partial charge in [-0.3, -0.25) is 0 Å². The van der Waals surface area contributed by atoms with E-state index in [1.54, 1.807) is 0 Å². The first-order chi connectivity index (χ1) is 8.17. The van der Waals surface area contributed by atoms with Crippen molar-refractivity contribution < 1.29 is 4.74 Å². The molecule has 0 heterocycles. The van der Waals surface area contributed by atoms with E-state index >= 15 is 0 Å². The maximum absolute atomic E-state index is 5.43. The molecule has 0 radical (unpaired) electrons. The Hall–Kier alpha value is -0.670. The lowest BCUT2D eigenvalue weighted by Gasteiger charge is -2.17. The average Bonchev–Trinajstić information content (AvgIpc) is 2.36. The Kier molecular flexibility index (Phi) is 6.45. The van der Waals surface area contributed by atoms with Crippen molar-refractivity contribution in [2.24, 2.45) is 0 Å². The van der Waals surface area contributed by atoms with Crippen molar-refractivity contribution in [2.45, 2.75) is 32.1 Å². The van der Waals surface area contributed by atoms with Gasteiger partial charge in [-0.15, -0.1) is 0 Å². The molecular weight excluding hydrogens is 230 g/mol. The first-order valence-electron chi connectivity index (χ1n) is 6.16. The van der Waals surface area contributed by atoms with Crippen LogP contribution in [0.25, 0.3) is 0 Å². The van der Waals surface area contributed by atoms with Gasteiger partial charge in [0, 0.05) is 17.8 Å². The van der Waals surface area contributed by atoms with Gasteiger partial charge in [0.15, 0.2) is 0 Å². The summed E-state index contributed by atoms with van der Waals surface area (Å²) in [4.78, 5) is 0. The number of rotatable bonds is 7. The highest BCUT2D eigenvalue weighted by atomic mass is 32.2. The molecule has 0 saturated heterocycles. The van der Waals surface area contributed by atoms with Crippen LogP contribution in [0.2, 0.25) is 0 Å². The third-order valence-electron chi connectivity index (χ3n) is 2.80. The van der Waals surface area contributed by atoms with Crippen LogP contribution in [0, 0.1) is 0 Å². The van der Waals surface area contributed by atoms with E-state index in [9.17, 15) is 0 Å². The maximum atomic E-state index is 5.43. The highest BCUT2D eigenvalue weighted by Crippen LogP contribution is 2.18. The van der Waals surface area contributed by atoms with E-state index < -0.39 is 0 Å². The van der Waals surface area contributed by atoms with Crippen LogP contribution in [0.5, 0.6) is 5.75 Å². The molecule has 0 aliphatic heterocycles. The van der Waals surface area contributed by atoms with Crippen molar-refractivity contribution in [1.29, 1.82) is 0 Å². The van der Waals surface area contributed by atoms with Gasteiger partial charge in [0.25, 0.3) is 0 Å². The van der Waals surface area contributed by atoms with Gasteiger partial charge >= 0.3 is 0 Å². The summed E-state index contributed by atoms with van der Waals surface area (Å²) in [5.74, 6) is 0.945. The minimum absolute atomic E-state index is 0.389. The predicted molar refractivity (Wildman–Crippen MR) is 77.0 cm³/mol. The highest BCUT2D eigenvalue weighted by Gasteiger charge is 2.06. The van der Waals surface area contributed by atoms with Crippen molar-refractivity contribution in [3.05, 3.63) is 29.8 Å². The zero-order valence-corrected chi connectivity index (χ0v) is 12.0. The number of nitrogens with one attached hydrogen (secondary N) is 1.